The minimum Gasteiger partial charge on any atom is -0.395 e. The van der Waals surface area contributed by atoms with Crippen molar-refractivity contribution in [3.05, 3.63) is 23.4 Å². The quantitative estimate of drug-likeness (QED) is 0.860. The lowest BCUT2D eigenvalue weighted by Crippen LogP contribution is -2.38. The van der Waals surface area contributed by atoms with E-state index in [1.165, 1.54) is 6.20 Å². The van der Waals surface area contributed by atoms with E-state index in [1.54, 1.807) is 12.1 Å². The van der Waals surface area contributed by atoms with Crippen molar-refractivity contribution in [3.8, 4) is 0 Å². The van der Waals surface area contributed by atoms with Crippen LogP contribution in [0, 0.1) is 0 Å². The largest absolute Gasteiger partial charge is 0.395 e. The molecule has 0 bridgehead atoms. The standard InChI is InChI=1S/C12H16ClN3O2/c13-9-3-4-11(14-6-9)15-12(18)7-16-5-1-2-10(16)8-17/h3-4,6,10,17H,1-2,5,7-8H2,(H,14,15,18)/t10-/m1/s1. The monoisotopic (exact) mass is 269 g/mol. The molecule has 6 heteroatoms. The van der Waals surface area contributed by atoms with E-state index in [9.17, 15) is 4.79 Å². The number of nitrogens with one attached hydrogen (secondary N) is 1. The Morgan fingerprint density at radius 2 is 2.44 bits per heavy atom. The van der Waals surface area contributed by atoms with E-state index in [0.29, 0.717) is 10.8 Å². The van der Waals surface area contributed by atoms with E-state index in [1.807, 2.05) is 4.90 Å². The third-order valence-corrected chi connectivity index (χ3v) is 3.27. The number of aromatic nitrogens is 1. The molecule has 0 radical (unpaired) electrons. The fourth-order valence-corrected chi connectivity index (χ4v) is 2.24. The first-order valence-electron chi connectivity index (χ1n) is 5.95. The molecule has 2 N–H and O–H groups in total. The summed E-state index contributed by atoms with van der Waals surface area (Å²) in [6.45, 7) is 1.24. The van der Waals surface area contributed by atoms with Gasteiger partial charge >= 0.3 is 0 Å². The zero-order chi connectivity index (χ0) is 13.0. The average molecular weight is 270 g/mol. The third-order valence-electron chi connectivity index (χ3n) is 3.05. The van der Waals surface area contributed by atoms with Gasteiger partial charge in [0.2, 0.25) is 5.91 Å². The zero-order valence-electron chi connectivity index (χ0n) is 9.97. The van der Waals surface area contributed by atoms with E-state index in [0.717, 1.165) is 19.4 Å². The smallest absolute Gasteiger partial charge is 0.239 e. The highest BCUT2D eigenvalue weighted by molar-refractivity contribution is 6.30. The molecule has 1 aliphatic heterocycles. The maximum atomic E-state index is 11.8. The van der Waals surface area contributed by atoms with Crippen LogP contribution in [0.2, 0.25) is 5.02 Å². The topological polar surface area (TPSA) is 65.5 Å². The first-order chi connectivity index (χ1) is 8.69. The predicted octanol–water partition coefficient (Wildman–Crippen LogP) is 1.13. The number of nitrogens with zero attached hydrogens (tertiary/aromatic N) is 2. The number of anilines is 1. The van der Waals surface area contributed by atoms with Crippen molar-refractivity contribution in [2.24, 2.45) is 0 Å². The number of hydrogen-bond acceptors (Lipinski definition) is 4. The summed E-state index contributed by atoms with van der Waals surface area (Å²) in [7, 11) is 0. The number of hydrogen-bond donors (Lipinski definition) is 2. The minimum absolute atomic E-state index is 0.104. The summed E-state index contributed by atoms with van der Waals surface area (Å²) < 4.78 is 0. The molecule has 2 heterocycles. The van der Waals surface area contributed by atoms with Crippen LogP contribution in [-0.4, -0.2) is 46.6 Å². The van der Waals surface area contributed by atoms with Crippen molar-refractivity contribution in [1.82, 2.24) is 9.88 Å². The van der Waals surface area contributed by atoms with Gasteiger partial charge in [-0.1, -0.05) is 11.6 Å². The molecular formula is C12H16ClN3O2. The summed E-state index contributed by atoms with van der Waals surface area (Å²) in [5.41, 5.74) is 0. The lowest BCUT2D eigenvalue weighted by molar-refractivity contribution is -0.117. The van der Waals surface area contributed by atoms with Crippen LogP contribution < -0.4 is 5.32 Å². The highest BCUT2D eigenvalue weighted by Crippen LogP contribution is 2.16. The highest BCUT2D eigenvalue weighted by Gasteiger charge is 2.25. The number of rotatable bonds is 4. The van der Waals surface area contributed by atoms with Crippen molar-refractivity contribution in [1.29, 1.82) is 0 Å². The van der Waals surface area contributed by atoms with Crippen LogP contribution in [0.5, 0.6) is 0 Å². The van der Waals surface area contributed by atoms with E-state index >= 15 is 0 Å². The van der Waals surface area contributed by atoms with Crippen LogP contribution in [0.15, 0.2) is 18.3 Å². The van der Waals surface area contributed by atoms with Crippen LogP contribution in [0.1, 0.15) is 12.8 Å². The van der Waals surface area contributed by atoms with Crippen molar-refractivity contribution in [2.45, 2.75) is 18.9 Å². The molecule has 0 aliphatic carbocycles. The number of pyridine rings is 1. The summed E-state index contributed by atoms with van der Waals surface area (Å²) in [6, 6.07) is 3.44. The maximum absolute atomic E-state index is 11.8. The molecule has 1 atom stereocenters. The Morgan fingerprint density at radius 1 is 1.61 bits per heavy atom. The number of aliphatic hydroxyl groups excluding tert-OH is 1. The molecule has 0 aromatic carbocycles. The van der Waals surface area contributed by atoms with Crippen LogP contribution in [-0.2, 0) is 4.79 Å². The van der Waals surface area contributed by atoms with E-state index < -0.39 is 0 Å². The molecule has 2 rings (SSSR count). The molecule has 1 saturated heterocycles. The Morgan fingerprint density at radius 3 is 3.11 bits per heavy atom. The van der Waals surface area contributed by atoms with Crippen molar-refractivity contribution in [3.63, 3.8) is 0 Å². The van der Waals surface area contributed by atoms with Crippen LogP contribution >= 0.6 is 11.6 Å². The molecule has 18 heavy (non-hydrogen) atoms. The van der Waals surface area contributed by atoms with Gasteiger partial charge in [-0.05, 0) is 31.5 Å². The first-order valence-corrected chi connectivity index (χ1v) is 6.33. The molecule has 1 fully saturated rings. The van der Waals surface area contributed by atoms with Crippen molar-refractivity contribution < 1.29 is 9.90 Å². The SMILES string of the molecule is O=C(CN1CCC[C@@H]1CO)Nc1ccc(Cl)cn1. The normalized spacial score (nSPS) is 20.0. The van der Waals surface area contributed by atoms with Gasteiger partial charge < -0.3 is 10.4 Å². The molecule has 1 aromatic heterocycles. The number of carbonyl (C=O) groups is 1. The summed E-state index contributed by atoms with van der Waals surface area (Å²) in [5, 5.41) is 12.4. The molecule has 0 saturated carbocycles. The van der Waals surface area contributed by atoms with Gasteiger partial charge in [-0.3, -0.25) is 9.69 Å². The Labute approximate surface area is 111 Å². The summed E-state index contributed by atoms with van der Waals surface area (Å²) in [5.74, 6) is 0.370. The van der Waals surface area contributed by atoms with Crippen molar-refractivity contribution >= 4 is 23.3 Å². The van der Waals surface area contributed by atoms with Gasteiger partial charge in [0.15, 0.2) is 0 Å². The lowest BCUT2D eigenvalue weighted by Gasteiger charge is -2.21. The summed E-state index contributed by atoms with van der Waals surface area (Å²) in [6.07, 6.45) is 3.46. The number of halogens is 1. The van der Waals surface area contributed by atoms with Crippen LogP contribution in [0.3, 0.4) is 0 Å². The Balaban J connectivity index is 1.86. The lowest BCUT2D eigenvalue weighted by atomic mass is 10.2. The van der Waals surface area contributed by atoms with E-state index in [2.05, 4.69) is 10.3 Å². The van der Waals surface area contributed by atoms with Gasteiger partial charge in [-0.15, -0.1) is 0 Å². The molecule has 0 unspecified atom stereocenters. The average Bonchev–Trinajstić information content (AvgIpc) is 2.79. The fourth-order valence-electron chi connectivity index (χ4n) is 2.13. The van der Waals surface area contributed by atoms with Gasteiger partial charge in [0, 0.05) is 12.2 Å². The van der Waals surface area contributed by atoms with Crippen molar-refractivity contribution in [2.75, 3.05) is 25.0 Å². The number of carbonyl (C=O) groups excluding carboxylic acids is 1. The van der Waals surface area contributed by atoms with Gasteiger partial charge in [0.1, 0.15) is 5.82 Å². The first kappa shape index (κ1) is 13.3. The van der Waals surface area contributed by atoms with Gasteiger partial charge in [0.05, 0.1) is 18.2 Å². The second kappa shape index (κ2) is 6.13. The number of aliphatic hydroxyl groups is 1. The number of likely N-dealkylation sites (tertiary alicyclic amines) is 1. The maximum Gasteiger partial charge on any atom is 0.239 e. The highest BCUT2D eigenvalue weighted by atomic mass is 35.5. The second-order valence-corrected chi connectivity index (χ2v) is 4.80. The molecule has 1 aliphatic rings. The van der Waals surface area contributed by atoms with Gasteiger partial charge in [-0.25, -0.2) is 4.98 Å². The predicted molar refractivity (Wildman–Crippen MR) is 69.6 cm³/mol. The Bertz CT molecular complexity index is 410. The molecule has 98 valence electrons. The molecule has 0 spiro atoms. The third kappa shape index (κ3) is 3.41. The molecule has 1 aromatic rings. The Hall–Kier alpha value is -1.17. The molecule has 1 amide bonds. The minimum atomic E-state index is -0.120. The fraction of sp³-hybridized carbons (Fsp3) is 0.500. The van der Waals surface area contributed by atoms with Crippen LogP contribution in [0.25, 0.3) is 0 Å². The van der Waals surface area contributed by atoms with E-state index in [-0.39, 0.29) is 25.1 Å². The molecular weight excluding hydrogens is 254 g/mol. The summed E-state index contributed by atoms with van der Waals surface area (Å²) >= 11 is 5.71. The summed E-state index contributed by atoms with van der Waals surface area (Å²) in [4.78, 5) is 17.8. The Kier molecular flexibility index (Phi) is 4.52. The van der Waals surface area contributed by atoms with Gasteiger partial charge in [0.25, 0.3) is 0 Å². The second-order valence-electron chi connectivity index (χ2n) is 4.36. The molecule has 5 nitrogen and oxygen atoms in total. The zero-order valence-corrected chi connectivity index (χ0v) is 10.7. The van der Waals surface area contributed by atoms with E-state index in [4.69, 9.17) is 16.7 Å². The van der Waals surface area contributed by atoms with Crippen LogP contribution in [0.4, 0.5) is 5.82 Å². The van der Waals surface area contributed by atoms with Gasteiger partial charge in [-0.2, -0.15) is 0 Å². The number of amides is 1.